The first-order valence-electron chi connectivity index (χ1n) is 11.4. The van der Waals surface area contributed by atoms with Gasteiger partial charge in [-0.05, 0) is 24.3 Å². The lowest BCUT2D eigenvalue weighted by atomic mass is 10.1. The molecule has 5 rings (SSSR count). The summed E-state index contributed by atoms with van der Waals surface area (Å²) in [5.41, 5.74) is 4.13. The van der Waals surface area contributed by atoms with Crippen LogP contribution in [0.3, 0.4) is 0 Å². The molecular weight excluding hydrogens is 446 g/mol. The van der Waals surface area contributed by atoms with E-state index in [2.05, 4.69) is 25.7 Å². The molecule has 0 radical (unpaired) electrons. The average molecular weight is 474 g/mol. The first-order valence-corrected chi connectivity index (χ1v) is 11.4. The third kappa shape index (κ3) is 5.39. The van der Waals surface area contributed by atoms with Crippen LogP contribution < -0.4 is 20.1 Å². The molecule has 0 spiro atoms. The van der Waals surface area contributed by atoms with Crippen LogP contribution in [-0.4, -0.2) is 64.2 Å². The summed E-state index contributed by atoms with van der Waals surface area (Å²) in [7, 11) is 3.50. The Morgan fingerprint density at radius 1 is 1.14 bits per heavy atom. The zero-order valence-corrected chi connectivity index (χ0v) is 19.6. The number of pyridine rings is 1. The van der Waals surface area contributed by atoms with Gasteiger partial charge in [0.1, 0.15) is 12.3 Å². The van der Waals surface area contributed by atoms with Gasteiger partial charge in [0.05, 0.1) is 32.1 Å². The molecule has 1 aromatic carbocycles. The molecule has 0 bridgehead atoms. The normalized spacial score (nSPS) is 15.5. The Balaban J connectivity index is 1.53. The third-order valence-electron chi connectivity index (χ3n) is 5.55. The number of nitrogens with one attached hydrogen (secondary N) is 2. The van der Waals surface area contributed by atoms with Crippen LogP contribution in [0.5, 0.6) is 11.8 Å². The smallest absolute Gasteiger partial charge is 0.319 e. The lowest BCUT2D eigenvalue weighted by molar-refractivity contribution is 0.0577. The molecule has 3 aromatic heterocycles. The van der Waals surface area contributed by atoms with Gasteiger partial charge in [-0.25, -0.2) is 0 Å². The predicted octanol–water partition coefficient (Wildman–Crippen LogP) is 3.06. The van der Waals surface area contributed by atoms with Crippen molar-refractivity contribution in [3.05, 3.63) is 61.1 Å². The van der Waals surface area contributed by atoms with Gasteiger partial charge in [-0.15, -0.1) is 0 Å². The quantitative estimate of drug-likeness (QED) is 0.399. The number of anilines is 2. The molecule has 4 aromatic rings. The first kappa shape index (κ1) is 22.8. The summed E-state index contributed by atoms with van der Waals surface area (Å²) < 4.78 is 19.1. The van der Waals surface area contributed by atoms with Gasteiger partial charge >= 0.3 is 6.01 Å². The topological polar surface area (TPSA) is 108 Å². The molecule has 1 atom stereocenters. The Hall–Kier alpha value is -4.02. The second kappa shape index (κ2) is 10.5. The number of aryl methyl sites for hydroxylation is 1. The van der Waals surface area contributed by atoms with Crippen molar-refractivity contribution in [3.8, 4) is 34.3 Å². The molecule has 4 heterocycles. The molecule has 0 aliphatic carbocycles. The van der Waals surface area contributed by atoms with Crippen molar-refractivity contribution in [1.29, 1.82) is 0 Å². The summed E-state index contributed by atoms with van der Waals surface area (Å²) in [4.78, 5) is 13.4. The first-order chi connectivity index (χ1) is 17.2. The minimum Gasteiger partial charge on any atom is -0.491 e. The molecule has 35 heavy (non-hydrogen) atoms. The monoisotopic (exact) mass is 473 g/mol. The maximum atomic E-state index is 6.02. The molecule has 1 aliphatic heterocycles. The lowest BCUT2D eigenvalue weighted by Gasteiger charge is -2.23. The number of hydrogen-bond acceptors (Lipinski definition) is 9. The van der Waals surface area contributed by atoms with Crippen molar-refractivity contribution < 1.29 is 14.2 Å². The maximum absolute atomic E-state index is 6.02. The fourth-order valence-electron chi connectivity index (χ4n) is 3.84. The summed E-state index contributed by atoms with van der Waals surface area (Å²) in [6.07, 6.45) is 5.33. The maximum Gasteiger partial charge on any atom is 0.319 e. The van der Waals surface area contributed by atoms with E-state index < -0.39 is 0 Å². The summed E-state index contributed by atoms with van der Waals surface area (Å²) >= 11 is 0. The van der Waals surface area contributed by atoms with Crippen molar-refractivity contribution in [2.75, 3.05) is 38.8 Å². The van der Waals surface area contributed by atoms with Gasteiger partial charge in [0.15, 0.2) is 11.6 Å². The molecule has 10 heteroatoms. The second-order valence-corrected chi connectivity index (χ2v) is 8.09. The Labute approximate surface area is 203 Å². The van der Waals surface area contributed by atoms with E-state index in [-0.39, 0.29) is 12.1 Å². The number of morpholine rings is 1. The van der Waals surface area contributed by atoms with Crippen LogP contribution in [0, 0.1) is 0 Å². The summed E-state index contributed by atoms with van der Waals surface area (Å²) in [6.45, 7) is 2.45. The molecule has 0 unspecified atom stereocenters. The van der Waals surface area contributed by atoms with E-state index in [1.165, 1.54) is 0 Å². The van der Waals surface area contributed by atoms with E-state index in [1.54, 1.807) is 24.2 Å². The molecule has 10 nitrogen and oxygen atoms in total. The highest BCUT2D eigenvalue weighted by Gasteiger charge is 2.20. The number of benzene rings is 1. The van der Waals surface area contributed by atoms with Crippen molar-refractivity contribution in [3.63, 3.8) is 0 Å². The Kier molecular flexibility index (Phi) is 6.82. The molecular formula is C25H27N7O3. The van der Waals surface area contributed by atoms with Crippen molar-refractivity contribution >= 4 is 11.5 Å². The number of nitrogens with zero attached hydrogens (tertiary/aromatic N) is 5. The van der Waals surface area contributed by atoms with Crippen LogP contribution in [0.2, 0.25) is 0 Å². The van der Waals surface area contributed by atoms with Gasteiger partial charge in [-0.3, -0.25) is 9.67 Å². The molecule has 0 amide bonds. The van der Waals surface area contributed by atoms with Crippen LogP contribution >= 0.6 is 0 Å². The van der Waals surface area contributed by atoms with E-state index in [0.29, 0.717) is 37.1 Å². The van der Waals surface area contributed by atoms with Crippen LogP contribution in [0.25, 0.3) is 22.5 Å². The van der Waals surface area contributed by atoms with Crippen molar-refractivity contribution in [2.45, 2.75) is 6.04 Å². The number of aromatic nitrogens is 5. The summed E-state index contributed by atoms with van der Waals surface area (Å²) in [5, 5.41) is 11.2. The van der Waals surface area contributed by atoms with Gasteiger partial charge in [0, 0.05) is 49.0 Å². The van der Waals surface area contributed by atoms with Gasteiger partial charge < -0.3 is 24.8 Å². The highest BCUT2D eigenvalue weighted by Crippen LogP contribution is 2.38. The molecule has 1 saturated heterocycles. The minimum absolute atomic E-state index is 0.0713. The number of ether oxygens (including phenoxy) is 3. The van der Waals surface area contributed by atoms with Crippen LogP contribution in [0.15, 0.2) is 61.1 Å². The Morgan fingerprint density at radius 3 is 2.74 bits per heavy atom. The van der Waals surface area contributed by atoms with Crippen LogP contribution in [0.1, 0.15) is 0 Å². The minimum atomic E-state index is 0.0713. The predicted molar refractivity (Wildman–Crippen MR) is 132 cm³/mol. The average Bonchev–Trinajstić information content (AvgIpc) is 3.35. The number of rotatable bonds is 8. The summed E-state index contributed by atoms with van der Waals surface area (Å²) in [6, 6.07) is 14.0. The van der Waals surface area contributed by atoms with E-state index in [9.17, 15) is 0 Å². The SMILES string of the molecule is COc1c(Nc2ccncc2)nc(OC[C@H]2COCCN2)nc1-c1cccc(-c2ccn(C)n2)c1. The lowest BCUT2D eigenvalue weighted by Crippen LogP contribution is -2.44. The molecule has 1 aliphatic rings. The standard InChI is InChI=1S/C25H27N7O3/c1-32-12-8-21(31-32)17-4-3-5-18(14-17)22-23(33-2)24(28-19-6-9-26-10-7-19)30-25(29-22)35-16-20-15-34-13-11-27-20/h3-10,12,14,20,27H,11,13,15-16H2,1-2H3,(H,26,28,29,30)/t20-/m1/s1. The number of hydrogen-bond donors (Lipinski definition) is 2. The van der Waals surface area contributed by atoms with Gasteiger partial charge in [-0.2, -0.15) is 15.1 Å². The van der Waals surface area contributed by atoms with Crippen molar-refractivity contribution in [2.24, 2.45) is 7.05 Å². The Bertz CT molecular complexity index is 1270. The van der Waals surface area contributed by atoms with Crippen LogP contribution in [-0.2, 0) is 11.8 Å². The second-order valence-electron chi connectivity index (χ2n) is 8.09. The highest BCUT2D eigenvalue weighted by molar-refractivity contribution is 5.78. The molecule has 2 N–H and O–H groups in total. The Morgan fingerprint density at radius 2 is 2.00 bits per heavy atom. The molecule has 180 valence electrons. The fraction of sp³-hybridized carbons (Fsp3) is 0.280. The van der Waals surface area contributed by atoms with Gasteiger partial charge in [-0.1, -0.05) is 18.2 Å². The third-order valence-corrected chi connectivity index (χ3v) is 5.55. The number of methoxy groups -OCH3 is 1. The zero-order chi connectivity index (χ0) is 24.0. The largest absolute Gasteiger partial charge is 0.491 e. The summed E-state index contributed by atoms with van der Waals surface area (Å²) in [5.74, 6) is 1.00. The fourth-order valence-corrected chi connectivity index (χ4v) is 3.84. The molecule has 1 fully saturated rings. The van der Waals surface area contributed by atoms with Gasteiger partial charge in [0.2, 0.25) is 0 Å². The van der Waals surface area contributed by atoms with Gasteiger partial charge in [0.25, 0.3) is 0 Å². The zero-order valence-electron chi connectivity index (χ0n) is 19.6. The van der Waals surface area contributed by atoms with E-state index in [4.69, 9.17) is 19.2 Å². The van der Waals surface area contributed by atoms with E-state index >= 15 is 0 Å². The van der Waals surface area contributed by atoms with E-state index in [1.807, 2.05) is 55.7 Å². The van der Waals surface area contributed by atoms with E-state index in [0.717, 1.165) is 29.1 Å². The van der Waals surface area contributed by atoms with Crippen molar-refractivity contribution in [1.82, 2.24) is 30.0 Å². The highest BCUT2D eigenvalue weighted by atomic mass is 16.5. The van der Waals surface area contributed by atoms with Crippen LogP contribution in [0.4, 0.5) is 11.5 Å². The molecule has 0 saturated carbocycles.